The van der Waals surface area contributed by atoms with Crippen molar-refractivity contribution in [3.63, 3.8) is 0 Å². The Morgan fingerprint density at radius 1 is 1.44 bits per heavy atom. The summed E-state index contributed by atoms with van der Waals surface area (Å²) in [5.41, 5.74) is 0. The minimum atomic E-state index is -2.80. The standard InChI is InChI=1S/C11H21NO3S/c1-3-11(13)5-4-7-12(2)10-6-8-16(14,15)9-10/h10H,3-9H2,1-2H3. The molecule has 1 fully saturated rings. The Hall–Kier alpha value is -0.420. The Morgan fingerprint density at radius 3 is 2.62 bits per heavy atom. The molecule has 0 saturated carbocycles. The van der Waals surface area contributed by atoms with Crippen molar-refractivity contribution in [3.05, 3.63) is 0 Å². The van der Waals surface area contributed by atoms with Gasteiger partial charge in [-0.3, -0.25) is 4.79 Å². The third-order valence-corrected chi connectivity index (χ3v) is 4.94. The molecule has 1 aliphatic heterocycles. The van der Waals surface area contributed by atoms with Gasteiger partial charge in [0, 0.05) is 18.9 Å². The number of Topliss-reactive ketones (excluding diaryl/α,β-unsaturated/α-hetero) is 1. The summed E-state index contributed by atoms with van der Waals surface area (Å²) >= 11 is 0. The van der Waals surface area contributed by atoms with Crippen molar-refractivity contribution in [2.45, 2.75) is 38.6 Å². The molecule has 94 valence electrons. The average molecular weight is 247 g/mol. The predicted octanol–water partition coefficient (Wildman–Crippen LogP) is 0.865. The van der Waals surface area contributed by atoms with Crippen LogP contribution in [0.2, 0.25) is 0 Å². The Kier molecular flexibility index (Phi) is 4.92. The molecule has 1 aliphatic rings. The number of sulfone groups is 1. The van der Waals surface area contributed by atoms with Gasteiger partial charge in [0.15, 0.2) is 9.84 Å². The molecule has 5 heteroatoms. The average Bonchev–Trinajstić information content (AvgIpc) is 2.58. The lowest BCUT2D eigenvalue weighted by atomic mass is 10.1. The van der Waals surface area contributed by atoms with Gasteiger partial charge in [0.25, 0.3) is 0 Å². The lowest BCUT2D eigenvalue weighted by molar-refractivity contribution is -0.118. The largest absolute Gasteiger partial charge is 0.302 e. The first-order chi connectivity index (χ1) is 7.44. The summed E-state index contributed by atoms with van der Waals surface area (Å²) in [6, 6.07) is 0.154. The van der Waals surface area contributed by atoms with Gasteiger partial charge in [-0.1, -0.05) is 6.92 Å². The van der Waals surface area contributed by atoms with Crippen molar-refractivity contribution >= 4 is 15.6 Å². The molecule has 1 rings (SSSR count). The van der Waals surface area contributed by atoms with Crippen molar-refractivity contribution in [2.75, 3.05) is 25.1 Å². The van der Waals surface area contributed by atoms with Crippen LogP contribution >= 0.6 is 0 Å². The minimum absolute atomic E-state index is 0.154. The molecule has 0 amide bonds. The quantitative estimate of drug-likeness (QED) is 0.698. The van der Waals surface area contributed by atoms with Crippen LogP contribution in [0.5, 0.6) is 0 Å². The Bertz CT molecular complexity index is 337. The fourth-order valence-corrected chi connectivity index (χ4v) is 3.81. The summed E-state index contributed by atoms with van der Waals surface area (Å²) < 4.78 is 22.6. The molecular formula is C11H21NO3S. The summed E-state index contributed by atoms with van der Waals surface area (Å²) in [4.78, 5) is 13.2. The third kappa shape index (κ3) is 4.22. The van der Waals surface area contributed by atoms with Crippen LogP contribution in [0.25, 0.3) is 0 Å². The van der Waals surface area contributed by atoms with E-state index in [1.807, 2.05) is 14.0 Å². The Morgan fingerprint density at radius 2 is 2.12 bits per heavy atom. The lowest BCUT2D eigenvalue weighted by Crippen LogP contribution is -2.33. The van der Waals surface area contributed by atoms with Crippen molar-refractivity contribution in [2.24, 2.45) is 0 Å². The highest BCUT2D eigenvalue weighted by atomic mass is 32.2. The lowest BCUT2D eigenvalue weighted by Gasteiger charge is -2.22. The summed E-state index contributed by atoms with van der Waals surface area (Å²) in [6.07, 6.45) is 2.78. The summed E-state index contributed by atoms with van der Waals surface area (Å²) in [5, 5.41) is 0. The van der Waals surface area contributed by atoms with E-state index in [0.717, 1.165) is 19.4 Å². The minimum Gasteiger partial charge on any atom is -0.302 e. The van der Waals surface area contributed by atoms with E-state index in [4.69, 9.17) is 0 Å². The molecule has 4 nitrogen and oxygen atoms in total. The molecule has 0 spiro atoms. The van der Waals surface area contributed by atoms with Crippen LogP contribution in [-0.4, -0.2) is 50.2 Å². The van der Waals surface area contributed by atoms with E-state index in [1.54, 1.807) is 0 Å². The molecule has 0 aliphatic carbocycles. The van der Waals surface area contributed by atoms with Crippen LogP contribution in [0, 0.1) is 0 Å². The zero-order valence-corrected chi connectivity index (χ0v) is 10.9. The van der Waals surface area contributed by atoms with Crippen molar-refractivity contribution < 1.29 is 13.2 Å². The van der Waals surface area contributed by atoms with E-state index in [2.05, 4.69) is 4.90 Å². The fraction of sp³-hybridized carbons (Fsp3) is 0.909. The maximum Gasteiger partial charge on any atom is 0.151 e. The molecule has 0 aromatic heterocycles. The van der Waals surface area contributed by atoms with Gasteiger partial charge in [-0.15, -0.1) is 0 Å². The van der Waals surface area contributed by atoms with E-state index in [1.165, 1.54) is 0 Å². The van der Waals surface area contributed by atoms with Gasteiger partial charge >= 0.3 is 0 Å². The van der Waals surface area contributed by atoms with Crippen LogP contribution in [0.3, 0.4) is 0 Å². The number of hydrogen-bond donors (Lipinski definition) is 0. The zero-order valence-electron chi connectivity index (χ0n) is 10.1. The fourth-order valence-electron chi connectivity index (χ4n) is 2.01. The third-order valence-electron chi connectivity index (χ3n) is 3.19. The van der Waals surface area contributed by atoms with Gasteiger partial charge in [0.2, 0.25) is 0 Å². The van der Waals surface area contributed by atoms with E-state index in [9.17, 15) is 13.2 Å². The van der Waals surface area contributed by atoms with Gasteiger partial charge < -0.3 is 4.90 Å². The maximum atomic E-state index is 11.3. The number of nitrogens with zero attached hydrogens (tertiary/aromatic N) is 1. The first-order valence-electron chi connectivity index (χ1n) is 5.87. The molecule has 16 heavy (non-hydrogen) atoms. The second kappa shape index (κ2) is 5.77. The number of carbonyl (C=O) groups is 1. The monoisotopic (exact) mass is 247 g/mol. The normalized spacial score (nSPS) is 23.8. The van der Waals surface area contributed by atoms with Crippen LogP contribution < -0.4 is 0 Å². The van der Waals surface area contributed by atoms with E-state index in [-0.39, 0.29) is 17.6 Å². The highest BCUT2D eigenvalue weighted by molar-refractivity contribution is 7.91. The topological polar surface area (TPSA) is 54.5 Å². The zero-order chi connectivity index (χ0) is 12.2. The predicted molar refractivity (Wildman–Crippen MR) is 64.2 cm³/mol. The highest BCUT2D eigenvalue weighted by Gasteiger charge is 2.30. The van der Waals surface area contributed by atoms with Crippen LogP contribution in [-0.2, 0) is 14.6 Å². The molecule has 1 saturated heterocycles. The van der Waals surface area contributed by atoms with E-state index >= 15 is 0 Å². The summed E-state index contributed by atoms with van der Waals surface area (Å²) in [7, 11) is -0.849. The number of ketones is 1. The van der Waals surface area contributed by atoms with Crippen molar-refractivity contribution in [1.82, 2.24) is 4.90 Å². The van der Waals surface area contributed by atoms with Gasteiger partial charge in [-0.2, -0.15) is 0 Å². The van der Waals surface area contributed by atoms with Gasteiger partial charge in [-0.05, 0) is 26.4 Å². The first kappa shape index (κ1) is 13.6. The van der Waals surface area contributed by atoms with E-state index < -0.39 is 9.84 Å². The second-order valence-corrected chi connectivity index (χ2v) is 6.76. The van der Waals surface area contributed by atoms with Crippen LogP contribution in [0.15, 0.2) is 0 Å². The number of hydrogen-bond acceptors (Lipinski definition) is 4. The smallest absolute Gasteiger partial charge is 0.151 e. The van der Waals surface area contributed by atoms with Crippen molar-refractivity contribution in [3.8, 4) is 0 Å². The number of carbonyl (C=O) groups excluding carboxylic acids is 1. The maximum absolute atomic E-state index is 11.3. The van der Waals surface area contributed by atoms with Crippen LogP contribution in [0.1, 0.15) is 32.6 Å². The highest BCUT2D eigenvalue weighted by Crippen LogP contribution is 2.16. The molecule has 1 unspecified atom stereocenters. The molecule has 0 aromatic rings. The molecule has 1 heterocycles. The van der Waals surface area contributed by atoms with Crippen LogP contribution in [0.4, 0.5) is 0 Å². The van der Waals surface area contributed by atoms with Gasteiger partial charge in [0.1, 0.15) is 5.78 Å². The Labute approximate surface area is 97.9 Å². The summed E-state index contributed by atoms with van der Waals surface area (Å²) in [5.74, 6) is 0.883. The molecule has 0 radical (unpaired) electrons. The Balaban J connectivity index is 2.26. The second-order valence-electron chi connectivity index (χ2n) is 4.53. The molecule has 0 bridgehead atoms. The first-order valence-corrected chi connectivity index (χ1v) is 7.69. The SMILES string of the molecule is CCC(=O)CCCN(C)C1CCS(=O)(=O)C1. The van der Waals surface area contributed by atoms with Gasteiger partial charge in [-0.25, -0.2) is 8.42 Å². The molecule has 0 N–H and O–H groups in total. The van der Waals surface area contributed by atoms with Crippen molar-refractivity contribution in [1.29, 1.82) is 0 Å². The molecule has 1 atom stereocenters. The number of rotatable bonds is 6. The van der Waals surface area contributed by atoms with E-state index in [0.29, 0.717) is 18.6 Å². The molecule has 0 aromatic carbocycles. The molecular weight excluding hydrogens is 226 g/mol. The van der Waals surface area contributed by atoms with Gasteiger partial charge in [0.05, 0.1) is 11.5 Å². The summed E-state index contributed by atoms with van der Waals surface area (Å²) in [6.45, 7) is 2.68.